The summed E-state index contributed by atoms with van der Waals surface area (Å²) in [6.07, 6.45) is 2.25. The predicted octanol–water partition coefficient (Wildman–Crippen LogP) is 0.746. The molecule has 0 aliphatic heterocycles. The fourth-order valence-corrected chi connectivity index (χ4v) is 0.320. The second-order valence-corrected chi connectivity index (χ2v) is 2.64. The molecule has 4 nitrogen and oxygen atoms in total. The van der Waals surface area contributed by atoms with Crippen molar-refractivity contribution >= 4 is 11.8 Å². The molecule has 4 heteroatoms. The molecule has 0 aliphatic rings. The van der Waals surface area contributed by atoms with E-state index in [1.54, 1.807) is 6.92 Å². The van der Waals surface area contributed by atoms with E-state index in [1.807, 2.05) is 6.92 Å². The lowest BCUT2D eigenvalue weighted by Gasteiger charge is -1.94. The maximum Gasteiger partial charge on any atom is 0.243 e. The van der Waals surface area contributed by atoms with Crippen LogP contribution in [0.1, 0.15) is 20.3 Å². The van der Waals surface area contributed by atoms with Gasteiger partial charge < -0.3 is 11.1 Å². The molecule has 0 aromatic rings. The van der Waals surface area contributed by atoms with Gasteiger partial charge in [0.05, 0.1) is 0 Å². The standard InChI is InChI=1S/C6H11NO.C4H7NO/c1-3-5-7-6(8)4-2;1-3(2)4(5)6/h4H,2-3,5H2,1H3,(H,7,8);1H2,2H3,(H2,5,6). The number of carbonyl (C=O) groups excluding carboxylic acids is 2. The first-order valence-electron chi connectivity index (χ1n) is 4.31. The number of rotatable bonds is 4. The molecule has 14 heavy (non-hydrogen) atoms. The van der Waals surface area contributed by atoms with Crippen molar-refractivity contribution in [1.82, 2.24) is 5.32 Å². The number of hydrogen-bond acceptors (Lipinski definition) is 2. The molecule has 0 spiro atoms. The van der Waals surface area contributed by atoms with Gasteiger partial charge in [0, 0.05) is 12.1 Å². The summed E-state index contributed by atoms with van der Waals surface area (Å²) in [5.41, 5.74) is 5.09. The van der Waals surface area contributed by atoms with Crippen molar-refractivity contribution < 1.29 is 9.59 Å². The average Bonchev–Trinajstić information content (AvgIpc) is 2.14. The van der Waals surface area contributed by atoms with Crippen molar-refractivity contribution in [2.75, 3.05) is 6.54 Å². The first-order chi connectivity index (χ1) is 6.45. The van der Waals surface area contributed by atoms with Crippen LogP contribution in [0.15, 0.2) is 24.8 Å². The molecule has 0 heterocycles. The van der Waals surface area contributed by atoms with E-state index in [0.717, 1.165) is 13.0 Å². The Kier molecular flexibility index (Phi) is 10.1. The third-order valence-electron chi connectivity index (χ3n) is 1.16. The molecular formula is C10H18N2O2. The van der Waals surface area contributed by atoms with Crippen LogP contribution in [-0.2, 0) is 9.59 Å². The number of amides is 2. The van der Waals surface area contributed by atoms with Crippen LogP contribution in [0, 0.1) is 0 Å². The highest BCUT2D eigenvalue weighted by Crippen LogP contribution is 1.78. The Morgan fingerprint density at radius 2 is 1.93 bits per heavy atom. The molecule has 0 aliphatic carbocycles. The minimum Gasteiger partial charge on any atom is -0.366 e. The third-order valence-corrected chi connectivity index (χ3v) is 1.16. The molecule has 3 N–H and O–H groups in total. The average molecular weight is 198 g/mol. The zero-order valence-electron chi connectivity index (χ0n) is 8.80. The second-order valence-electron chi connectivity index (χ2n) is 2.64. The van der Waals surface area contributed by atoms with E-state index >= 15 is 0 Å². The zero-order valence-corrected chi connectivity index (χ0v) is 8.80. The number of nitrogens with two attached hydrogens (primary N) is 1. The van der Waals surface area contributed by atoms with Gasteiger partial charge in [0.15, 0.2) is 0 Å². The van der Waals surface area contributed by atoms with Gasteiger partial charge in [0.25, 0.3) is 0 Å². The van der Waals surface area contributed by atoms with Crippen molar-refractivity contribution in [3.63, 3.8) is 0 Å². The van der Waals surface area contributed by atoms with Gasteiger partial charge >= 0.3 is 0 Å². The Bertz CT molecular complexity index is 210. The summed E-state index contributed by atoms with van der Waals surface area (Å²) < 4.78 is 0. The van der Waals surface area contributed by atoms with Crippen molar-refractivity contribution in [1.29, 1.82) is 0 Å². The summed E-state index contributed by atoms with van der Waals surface area (Å²) in [7, 11) is 0. The molecule has 0 saturated carbocycles. The monoisotopic (exact) mass is 198 g/mol. The van der Waals surface area contributed by atoms with Gasteiger partial charge in [-0.1, -0.05) is 20.1 Å². The van der Waals surface area contributed by atoms with Crippen LogP contribution in [-0.4, -0.2) is 18.4 Å². The van der Waals surface area contributed by atoms with E-state index in [9.17, 15) is 9.59 Å². The van der Waals surface area contributed by atoms with E-state index in [2.05, 4.69) is 18.5 Å². The highest BCUT2D eigenvalue weighted by Gasteiger charge is 1.87. The lowest BCUT2D eigenvalue weighted by atomic mass is 10.3. The summed E-state index contributed by atoms with van der Waals surface area (Å²) in [5, 5.41) is 2.62. The van der Waals surface area contributed by atoms with Crippen LogP contribution in [0.25, 0.3) is 0 Å². The van der Waals surface area contributed by atoms with E-state index in [4.69, 9.17) is 5.73 Å². The topological polar surface area (TPSA) is 72.2 Å². The number of nitrogens with one attached hydrogen (secondary N) is 1. The van der Waals surface area contributed by atoms with Gasteiger partial charge in [-0.15, -0.1) is 0 Å². The predicted molar refractivity (Wildman–Crippen MR) is 57.5 cm³/mol. The van der Waals surface area contributed by atoms with Crippen molar-refractivity contribution in [2.45, 2.75) is 20.3 Å². The van der Waals surface area contributed by atoms with E-state index < -0.39 is 5.91 Å². The van der Waals surface area contributed by atoms with Crippen molar-refractivity contribution in [3.05, 3.63) is 24.8 Å². The van der Waals surface area contributed by atoms with Gasteiger partial charge in [0.1, 0.15) is 0 Å². The van der Waals surface area contributed by atoms with Gasteiger partial charge in [0.2, 0.25) is 11.8 Å². The summed E-state index contributed by atoms with van der Waals surface area (Å²) in [6.45, 7) is 10.9. The molecule has 0 rings (SSSR count). The molecule has 0 aromatic heterocycles. The smallest absolute Gasteiger partial charge is 0.243 e. The molecule has 0 fully saturated rings. The molecule has 0 aromatic carbocycles. The van der Waals surface area contributed by atoms with Crippen LogP contribution < -0.4 is 11.1 Å². The maximum atomic E-state index is 10.3. The first kappa shape index (κ1) is 14.9. The number of primary amides is 1. The summed E-state index contributed by atoms with van der Waals surface area (Å²) in [5.74, 6) is -0.526. The molecule has 0 radical (unpaired) electrons. The first-order valence-corrected chi connectivity index (χ1v) is 4.31. The Labute approximate surface area is 84.9 Å². The summed E-state index contributed by atoms with van der Waals surface area (Å²) >= 11 is 0. The minimum atomic E-state index is -0.435. The van der Waals surface area contributed by atoms with Gasteiger partial charge in [-0.2, -0.15) is 0 Å². The molecule has 0 bridgehead atoms. The lowest BCUT2D eigenvalue weighted by Crippen LogP contribution is -2.20. The second kappa shape index (κ2) is 9.51. The van der Waals surface area contributed by atoms with Crippen LogP contribution in [0.3, 0.4) is 0 Å². The number of carbonyl (C=O) groups is 2. The molecule has 80 valence electrons. The Morgan fingerprint density at radius 3 is 2.14 bits per heavy atom. The SMILES string of the molecule is C=C(C)C(N)=O.C=CC(=O)NCCC. The van der Waals surface area contributed by atoms with E-state index in [1.165, 1.54) is 6.08 Å². The molecule has 2 amide bonds. The molecule has 0 atom stereocenters. The van der Waals surface area contributed by atoms with Crippen molar-refractivity contribution in [2.24, 2.45) is 5.73 Å². The Hall–Kier alpha value is -1.58. The summed E-state index contributed by atoms with van der Waals surface area (Å²) in [4.78, 5) is 20.2. The quantitative estimate of drug-likeness (QED) is 0.654. The number of hydrogen-bond donors (Lipinski definition) is 2. The van der Waals surface area contributed by atoms with E-state index in [-0.39, 0.29) is 5.91 Å². The van der Waals surface area contributed by atoms with Crippen LogP contribution in [0.4, 0.5) is 0 Å². The Balaban J connectivity index is 0. The summed E-state index contributed by atoms with van der Waals surface area (Å²) in [6, 6.07) is 0. The molecular weight excluding hydrogens is 180 g/mol. The van der Waals surface area contributed by atoms with E-state index in [0.29, 0.717) is 5.57 Å². The highest BCUT2D eigenvalue weighted by atomic mass is 16.1. The van der Waals surface area contributed by atoms with Crippen molar-refractivity contribution in [3.8, 4) is 0 Å². The highest BCUT2D eigenvalue weighted by molar-refractivity contribution is 5.90. The third kappa shape index (κ3) is 13.0. The maximum absolute atomic E-state index is 10.3. The fraction of sp³-hybridized carbons (Fsp3) is 0.400. The van der Waals surface area contributed by atoms with Gasteiger partial charge in [-0.05, 0) is 19.4 Å². The minimum absolute atomic E-state index is 0.0909. The van der Waals surface area contributed by atoms with Gasteiger partial charge in [-0.25, -0.2) is 0 Å². The zero-order chi connectivity index (χ0) is 11.6. The molecule has 0 unspecified atom stereocenters. The normalized spacial score (nSPS) is 7.86. The van der Waals surface area contributed by atoms with Crippen LogP contribution in [0.5, 0.6) is 0 Å². The largest absolute Gasteiger partial charge is 0.366 e. The van der Waals surface area contributed by atoms with Gasteiger partial charge in [-0.3, -0.25) is 9.59 Å². The molecule has 0 saturated heterocycles. The van der Waals surface area contributed by atoms with Crippen LogP contribution in [0.2, 0.25) is 0 Å². The lowest BCUT2D eigenvalue weighted by molar-refractivity contribution is -0.116. The Morgan fingerprint density at radius 1 is 1.50 bits per heavy atom. The van der Waals surface area contributed by atoms with Crippen LogP contribution >= 0.6 is 0 Å². The fourth-order valence-electron chi connectivity index (χ4n) is 0.320.